The standard InChI is InChI=1S/C35H38O8.C29H27FO4.C23H22O6/c1-22(2)32(36)40-17-9-7-11-25-19-27(12-8-10-18-41-33(37)23(3)4)31-28(20-25)21-30(35(39)43-31)26-13-15-29(16-14-26)42-34(38)24(5)6;1-19(2)28(31)33-17-5-6-21-7-9-22(10-8-21)24-13-16-26(27(30)18-24)23-11-14-25(15-12-23)34-29(32)20(3)4;1-15(2)22(25)27-14-13-21(24)28-19-9-5-17(6-10-19)18-7-11-20(12-8-18)29-23(26)16(3)4/h13-16,19-21H,1,3,5,7-12,17-18H2,2,4,6H3;7-16,18H,1,3,5-6,17H2,2,4H3;5-12H,1,3,13-14H2,2,4H3. The first kappa shape index (κ1) is 82.6. The maximum Gasteiger partial charge on any atom is 0.344 e. The van der Waals surface area contributed by atoms with Gasteiger partial charge in [-0.25, -0.2) is 42.7 Å². The van der Waals surface area contributed by atoms with E-state index in [-0.39, 0.29) is 42.6 Å². The maximum absolute atomic E-state index is 14.9. The van der Waals surface area contributed by atoms with Gasteiger partial charge in [0.1, 0.15) is 41.0 Å². The zero-order valence-electron chi connectivity index (χ0n) is 60.9. The van der Waals surface area contributed by atoms with Crippen molar-refractivity contribution < 1.29 is 85.1 Å². The molecule has 0 saturated heterocycles. The van der Waals surface area contributed by atoms with Gasteiger partial charge in [-0.1, -0.05) is 137 Å². The highest BCUT2D eigenvalue weighted by Gasteiger charge is 2.17. The summed E-state index contributed by atoms with van der Waals surface area (Å²) in [6, 6.07) is 46.1. The van der Waals surface area contributed by atoms with Crippen LogP contribution in [0.25, 0.3) is 55.5 Å². The number of fused-ring (bicyclic) bond motifs is 1. The molecule has 0 aliphatic carbocycles. The summed E-state index contributed by atoms with van der Waals surface area (Å²) >= 11 is 0. The van der Waals surface area contributed by atoms with E-state index in [2.05, 4.69) is 46.1 Å². The van der Waals surface area contributed by atoms with Crippen LogP contribution >= 0.6 is 0 Å². The molecular weight excluding hydrogens is 1350 g/mol. The van der Waals surface area contributed by atoms with E-state index in [1.54, 1.807) is 133 Å². The Bertz CT molecular complexity index is 4650. The minimum Gasteiger partial charge on any atom is -0.462 e. The van der Waals surface area contributed by atoms with Gasteiger partial charge >= 0.3 is 53.4 Å². The van der Waals surface area contributed by atoms with Gasteiger partial charge in [0, 0.05) is 50.0 Å². The molecule has 8 aromatic rings. The van der Waals surface area contributed by atoms with Crippen molar-refractivity contribution in [1.29, 1.82) is 0 Å². The third-order valence-corrected chi connectivity index (χ3v) is 15.4. The molecule has 550 valence electrons. The third kappa shape index (κ3) is 26.8. The van der Waals surface area contributed by atoms with Crippen molar-refractivity contribution in [2.75, 3.05) is 26.4 Å². The minimum atomic E-state index is -0.539. The Labute approximate surface area is 616 Å². The van der Waals surface area contributed by atoms with Crippen molar-refractivity contribution in [2.24, 2.45) is 0 Å². The summed E-state index contributed by atoms with van der Waals surface area (Å²) in [4.78, 5) is 106. The molecule has 0 radical (unpaired) electrons. The zero-order valence-corrected chi connectivity index (χ0v) is 60.9. The van der Waals surface area contributed by atoms with Crippen LogP contribution in [-0.2, 0) is 76.6 Å². The molecule has 19 heteroatoms. The first-order chi connectivity index (χ1) is 50.5. The van der Waals surface area contributed by atoms with Crippen LogP contribution in [0.4, 0.5) is 4.39 Å². The second-order valence-corrected chi connectivity index (χ2v) is 25.0. The summed E-state index contributed by atoms with van der Waals surface area (Å²) in [5, 5.41) is 0.780. The van der Waals surface area contributed by atoms with Gasteiger partial charge in [0.15, 0.2) is 0 Å². The van der Waals surface area contributed by atoms with E-state index in [1.807, 2.05) is 60.7 Å². The lowest BCUT2D eigenvalue weighted by atomic mass is 9.97. The van der Waals surface area contributed by atoms with Crippen molar-refractivity contribution in [3.63, 3.8) is 0 Å². The Morgan fingerprint density at radius 2 is 0.689 bits per heavy atom. The van der Waals surface area contributed by atoms with E-state index in [9.17, 15) is 47.5 Å². The molecule has 7 aromatic carbocycles. The first-order valence-corrected chi connectivity index (χ1v) is 34.0. The lowest BCUT2D eigenvalue weighted by Crippen LogP contribution is -2.14. The fraction of sp³-hybridized carbons (Fsp3) is 0.230. The number of ether oxygens (including phenoxy) is 8. The van der Waals surface area contributed by atoms with Gasteiger partial charge in [0.05, 0.1) is 31.8 Å². The molecule has 0 amide bonds. The number of halogens is 1. The van der Waals surface area contributed by atoms with E-state index < -0.39 is 47.4 Å². The molecule has 0 unspecified atom stereocenters. The van der Waals surface area contributed by atoms with Gasteiger partial charge in [-0.3, -0.25) is 4.79 Å². The number of carbonyl (C=O) groups excluding carboxylic acids is 8. The first-order valence-electron chi connectivity index (χ1n) is 34.0. The van der Waals surface area contributed by atoms with Gasteiger partial charge in [-0.05, 0) is 217 Å². The van der Waals surface area contributed by atoms with Crippen LogP contribution in [0.2, 0.25) is 0 Å². The van der Waals surface area contributed by atoms with Crippen LogP contribution in [0.5, 0.6) is 23.0 Å². The van der Waals surface area contributed by atoms with E-state index in [4.69, 9.17) is 42.3 Å². The number of aryl methyl sites for hydroxylation is 3. The van der Waals surface area contributed by atoms with Gasteiger partial charge in [-0.2, -0.15) is 0 Å². The smallest absolute Gasteiger partial charge is 0.344 e. The van der Waals surface area contributed by atoms with Crippen LogP contribution in [0, 0.1) is 5.82 Å². The summed E-state index contributed by atoms with van der Waals surface area (Å²) in [7, 11) is 0. The third-order valence-electron chi connectivity index (χ3n) is 15.4. The van der Waals surface area contributed by atoms with E-state index in [1.165, 1.54) is 13.0 Å². The largest absolute Gasteiger partial charge is 0.462 e. The van der Waals surface area contributed by atoms with Crippen LogP contribution in [0.15, 0.2) is 252 Å². The Balaban J connectivity index is 0.000000254. The Morgan fingerprint density at radius 1 is 0.340 bits per heavy atom. The molecule has 106 heavy (non-hydrogen) atoms. The lowest BCUT2D eigenvalue weighted by molar-refractivity contribution is -0.143. The van der Waals surface area contributed by atoms with Crippen molar-refractivity contribution in [2.45, 2.75) is 106 Å². The fourth-order valence-corrected chi connectivity index (χ4v) is 9.64. The normalized spacial score (nSPS) is 10.4. The highest BCUT2D eigenvalue weighted by molar-refractivity contribution is 5.92. The number of hydrogen-bond donors (Lipinski definition) is 0. The van der Waals surface area contributed by atoms with E-state index >= 15 is 0 Å². The molecule has 0 aliphatic rings. The molecule has 0 spiro atoms. The Kier molecular flexibility index (Phi) is 32.0. The Hall–Kier alpha value is -12.4. The topological polar surface area (TPSA) is 241 Å². The predicted molar refractivity (Wildman–Crippen MR) is 406 cm³/mol. The minimum absolute atomic E-state index is 0.0505. The number of carbonyl (C=O) groups is 8. The highest BCUT2D eigenvalue weighted by Crippen LogP contribution is 2.32. The molecule has 8 rings (SSSR count). The fourth-order valence-electron chi connectivity index (χ4n) is 9.64. The monoisotopic (exact) mass is 1440 g/mol. The summed E-state index contributed by atoms with van der Waals surface area (Å²) in [5.74, 6) is -2.53. The molecule has 18 nitrogen and oxygen atoms in total. The van der Waals surface area contributed by atoms with Crippen LogP contribution in [0.3, 0.4) is 0 Å². The predicted octanol–water partition coefficient (Wildman–Crippen LogP) is 17.8. The molecule has 0 bridgehead atoms. The van der Waals surface area contributed by atoms with Crippen molar-refractivity contribution in [3.8, 4) is 67.5 Å². The molecule has 0 atom stereocenters. The van der Waals surface area contributed by atoms with Crippen LogP contribution in [0.1, 0.15) is 104 Å². The average molecular weight is 1440 g/mol. The van der Waals surface area contributed by atoms with E-state index in [0.717, 1.165) is 63.6 Å². The molecule has 0 fully saturated rings. The van der Waals surface area contributed by atoms with Gasteiger partial charge < -0.3 is 42.3 Å². The van der Waals surface area contributed by atoms with Crippen molar-refractivity contribution in [3.05, 3.63) is 276 Å². The molecular formula is C87H87FO18. The second kappa shape index (κ2) is 41.1. The molecule has 1 heterocycles. The highest BCUT2D eigenvalue weighted by atomic mass is 19.1. The van der Waals surface area contributed by atoms with Crippen LogP contribution in [-0.4, -0.2) is 74.2 Å². The van der Waals surface area contributed by atoms with Crippen molar-refractivity contribution >= 4 is 58.7 Å². The summed E-state index contributed by atoms with van der Waals surface area (Å²) in [5.41, 5.74) is 11.0. The number of unbranched alkanes of at least 4 members (excludes halogenated alkanes) is 2. The Morgan fingerprint density at radius 3 is 1.11 bits per heavy atom. The van der Waals surface area contributed by atoms with Crippen LogP contribution < -0.4 is 24.6 Å². The molecule has 0 aliphatic heterocycles. The number of rotatable bonds is 32. The molecule has 0 N–H and O–H groups in total. The summed E-state index contributed by atoms with van der Waals surface area (Å²) < 4.78 is 61.9. The number of esters is 8. The van der Waals surface area contributed by atoms with Gasteiger partial charge in [0.2, 0.25) is 0 Å². The number of hydrogen-bond acceptors (Lipinski definition) is 18. The quantitative estimate of drug-likeness (QED) is 0.00950. The maximum atomic E-state index is 14.9. The van der Waals surface area contributed by atoms with Gasteiger partial charge in [0.25, 0.3) is 0 Å². The SMILES string of the molecule is C=C(C)C(=O)OCCC(=O)Oc1ccc(-c2ccc(OC(=O)C(=C)C)cc2)cc1.C=C(C)C(=O)OCCCCc1cc(CCCCOC(=O)C(=C)C)c2oc(=O)c(-c3ccc(OC(=O)C(=C)C)cc3)cc2c1.C=C(C)C(=O)OCCCc1ccc(-c2ccc(-c3ccc(OC(=O)C(=C)C)cc3)c(F)c2)cc1. The lowest BCUT2D eigenvalue weighted by Gasteiger charge is -2.12. The summed E-state index contributed by atoms with van der Waals surface area (Å²) in [6.45, 7) is 36.8. The van der Waals surface area contributed by atoms with Gasteiger partial charge in [-0.15, -0.1) is 0 Å². The molecule has 0 saturated carbocycles. The molecule has 1 aromatic heterocycles. The zero-order chi connectivity index (χ0) is 77.6. The van der Waals surface area contributed by atoms with Crippen molar-refractivity contribution in [1.82, 2.24) is 0 Å². The number of benzene rings is 7. The summed E-state index contributed by atoms with van der Waals surface area (Å²) in [6.07, 6.45) is 5.64. The second-order valence-electron chi connectivity index (χ2n) is 25.0. The average Bonchev–Trinajstić information content (AvgIpc) is 0.786. The van der Waals surface area contributed by atoms with E-state index in [0.29, 0.717) is 124 Å².